The summed E-state index contributed by atoms with van der Waals surface area (Å²) < 4.78 is 24.2. The minimum Gasteiger partial charge on any atom is -0.316 e. The van der Waals surface area contributed by atoms with E-state index in [1.54, 1.807) is 0 Å². The lowest BCUT2D eigenvalue weighted by Crippen LogP contribution is -2.37. The Morgan fingerprint density at radius 2 is 1.85 bits per heavy atom. The first-order valence-electron chi connectivity index (χ1n) is 9.04. The number of anilines is 1. The molecule has 2 aliphatic heterocycles. The van der Waals surface area contributed by atoms with E-state index in [9.17, 15) is 13.2 Å². The van der Waals surface area contributed by atoms with Gasteiger partial charge < -0.3 is 4.90 Å². The molecule has 0 aromatic heterocycles. The van der Waals surface area contributed by atoms with Crippen LogP contribution in [-0.2, 0) is 14.6 Å². The highest BCUT2D eigenvalue weighted by Gasteiger charge is 2.49. The molecule has 142 valence electrons. The van der Waals surface area contributed by atoms with E-state index in [-0.39, 0.29) is 34.6 Å². The number of nitrogens with zero attached hydrogens (tertiary/aromatic N) is 2. The summed E-state index contributed by atoms with van der Waals surface area (Å²) in [5.74, 6) is 0.803. The topological polar surface area (TPSA) is 66.8 Å². The molecule has 0 N–H and O–H groups in total. The van der Waals surface area contributed by atoms with Gasteiger partial charge in [-0.2, -0.15) is 4.99 Å². The molecule has 2 saturated heterocycles. The van der Waals surface area contributed by atoms with Gasteiger partial charge in [0, 0.05) is 17.4 Å². The molecule has 1 aromatic carbocycles. The second-order valence-corrected chi connectivity index (χ2v) is 11.2. The van der Waals surface area contributed by atoms with Crippen LogP contribution in [0.3, 0.4) is 0 Å². The third kappa shape index (κ3) is 4.14. The summed E-state index contributed by atoms with van der Waals surface area (Å²) in [6.07, 6.45) is 0.401. The number of amides is 1. The van der Waals surface area contributed by atoms with Crippen molar-refractivity contribution in [1.29, 1.82) is 0 Å². The summed E-state index contributed by atoms with van der Waals surface area (Å²) in [5, 5.41) is 0.577. The standard InChI is InChI=1S/C19H26N2O3S2/c1-12(2)9-18(22)20-19-21(15-7-5-14(6-8-15)13(3)4)16-10-26(23,24)11-17(16)25-19/h5-8,12-13,16-17H,9-11H2,1-4H3. The maximum atomic E-state index is 12.2. The maximum Gasteiger partial charge on any atom is 0.248 e. The number of thioether (sulfide) groups is 1. The van der Waals surface area contributed by atoms with E-state index in [1.165, 1.54) is 17.3 Å². The van der Waals surface area contributed by atoms with Crippen LogP contribution < -0.4 is 4.90 Å². The van der Waals surface area contributed by atoms with Crippen molar-refractivity contribution in [3.8, 4) is 0 Å². The smallest absolute Gasteiger partial charge is 0.248 e. The summed E-state index contributed by atoms with van der Waals surface area (Å²) in [6, 6.07) is 7.99. The van der Waals surface area contributed by atoms with Crippen LogP contribution in [-0.4, -0.2) is 42.3 Å². The number of fused-ring (bicyclic) bond motifs is 1. The van der Waals surface area contributed by atoms with E-state index in [0.717, 1.165) is 5.69 Å². The summed E-state index contributed by atoms with van der Waals surface area (Å²) >= 11 is 1.43. The predicted molar refractivity (Wildman–Crippen MR) is 109 cm³/mol. The van der Waals surface area contributed by atoms with Gasteiger partial charge in [-0.1, -0.05) is 51.6 Å². The third-order valence-electron chi connectivity index (χ3n) is 4.71. The number of hydrogen-bond acceptors (Lipinski definition) is 4. The van der Waals surface area contributed by atoms with Crippen LogP contribution >= 0.6 is 11.8 Å². The molecule has 7 heteroatoms. The molecule has 3 rings (SSSR count). The van der Waals surface area contributed by atoms with Crippen LogP contribution in [0.15, 0.2) is 29.3 Å². The summed E-state index contributed by atoms with van der Waals surface area (Å²) in [6.45, 7) is 8.25. The third-order valence-corrected chi connectivity index (χ3v) is 7.92. The molecular weight excluding hydrogens is 368 g/mol. The molecule has 2 fully saturated rings. The van der Waals surface area contributed by atoms with E-state index in [2.05, 4.69) is 31.0 Å². The van der Waals surface area contributed by atoms with E-state index < -0.39 is 9.84 Å². The lowest BCUT2D eigenvalue weighted by Gasteiger charge is -2.25. The normalized spacial score (nSPS) is 26.1. The highest BCUT2D eigenvalue weighted by Crippen LogP contribution is 2.41. The molecule has 26 heavy (non-hydrogen) atoms. The van der Waals surface area contributed by atoms with Crippen molar-refractivity contribution in [3.63, 3.8) is 0 Å². The average molecular weight is 395 g/mol. The van der Waals surface area contributed by atoms with Gasteiger partial charge in [-0.25, -0.2) is 8.42 Å². The van der Waals surface area contributed by atoms with Gasteiger partial charge in [-0.15, -0.1) is 0 Å². The highest BCUT2D eigenvalue weighted by molar-refractivity contribution is 8.16. The number of sulfone groups is 1. The van der Waals surface area contributed by atoms with Crippen molar-refractivity contribution in [2.24, 2.45) is 10.9 Å². The van der Waals surface area contributed by atoms with Crippen LogP contribution in [0.5, 0.6) is 0 Å². The highest BCUT2D eigenvalue weighted by atomic mass is 32.2. The first kappa shape index (κ1) is 19.4. The SMILES string of the molecule is CC(C)CC(=O)N=C1SC2CS(=O)(=O)CC2N1c1ccc(C(C)C)cc1. The van der Waals surface area contributed by atoms with Gasteiger partial charge in [0.2, 0.25) is 5.91 Å². The number of benzene rings is 1. The quantitative estimate of drug-likeness (QED) is 0.782. The number of carbonyl (C=O) groups is 1. The zero-order chi connectivity index (χ0) is 19.1. The number of carbonyl (C=O) groups excluding carboxylic acids is 1. The Bertz CT molecular complexity index is 814. The predicted octanol–water partition coefficient (Wildman–Crippen LogP) is 3.46. The minimum atomic E-state index is -3.04. The van der Waals surface area contributed by atoms with Crippen molar-refractivity contribution in [2.45, 2.75) is 51.3 Å². The van der Waals surface area contributed by atoms with Crippen molar-refractivity contribution in [2.75, 3.05) is 16.4 Å². The molecule has 2 atom stereocenters. The molecule has 1 amide bonds. The Hall–Kier alpha value is -1.34. The van der Waals surface area contributed by atoms with Gasteiger partial charge >= 0.3 is 0 Å². The van der Waals surface area contributed by atoms with Crippen LogP contribution in [0.1, 0.15) is 45.6 Å². The van der Waals surface area contributed by atoms with Crippen LogP contribution in [0.2, 0.25) is 0 Å². The summed E-state index contributed by atoms with van der Waals surface area (Å²) in [7, 11) is -3.04. The molecule has 0 spiro atoms. The lowest BCUT2D eigenvalue weighted by atomic mass is 10.0. The molecule has 2 aliphatic rings. The second kappa shape index (κ2) is 7.35. The maximum absolute atomic E-state index is 12.2. The first-order chi connectivity index (χ1) is 12.2. The summed E-state index contributed by atoms with van der Waals surface area (Å²) in [5.41, 5.74) is 2.13. The van der Waals surface area contributed by atoms with Gasteiger partial charge in [0.05, 0.1) is 17.5 Å². The van der Waals surface area contributed by atoms with Gasteiger partial charge in [-0.05, 0) is 29.5 Å². The van der Waals surface area contributed by atoms with E-state index in [4.69, 9.17) is 0 Å². The average Bonchev–Trinajstić information content (AvgIpc) is 2.97. The number of hydrogen-bond donors (Lipinski definition) is 0. The Labute approximate surface area is 160 Å². The van der Waals surface area contributed by atoms with E-state index in [1.807, 2.05) is 30.9 Å². The Morgan fingerprint density at radius 1 is 1.19 bits per heavy atom. The van der Waals surface area contributed by atoms with E-state index in [0.29, 0.717) is 17.5 Å². The number of rotatable bonds is 4. The van der Waals surface area contributed by atoms with Crippen LogP contribution in [0.4, 0.5) is 5.69 Å². The Kier molecular flexibility index (Phi) is 5.49. The number of aliphatic imine (C=N–C) groups is 1. The van der Waals surface area contributed by atoms with Crippen molar-refractivity contribution < 1.29 is 13.2 Å². The molecule has 2 unspecified atom stereocenters. The van der Waals surface area contributed by atoms with Crippen LogP contribution in [0.25, 0.3) is 0 Å². The minimum absolute atomic E-state index is 0.0598. The largest absolute Gasteiger partial charge is 0.316 e. The van der Waals surface area contributed by atoms with Crippen LogP contribution in [0, 0.1) is 5.92 Å². The van der Waals surface area contributed by atoms with Gasteiger partial charge in [0.1, 0.15) is 0 Å². The molecule has 1 aromatic rings. The second-order valence-electron chi connectivity index (χ2n) is 7.80. The number of amidine groups is 1. The van der Waals surface area contributed by atoms with Gasteiger partial charge in [0.25, 0.3) is 0 Å². The monoisotopic (exact) mass is 394 g/mol. The summed E-state index contributed by atoms with van der Waals surface area (Å²) in [4.78, 5) is 18.5. The Morgan fingerprint density at radius 3 is 2.42 bits per heavy atom. The molecule has 0 bridgehead atoms. The molecular formula is C19H26N2O3S2. The molecule has 5 nitrogen and oxygen atoms in total. The van der Waals surface area contributed by atoms with Crippen molar-refractivity contribution in [3.05, 3.63) is 29.8 Å². The fraction of sp³-hybridized carbons (Fsp3) is 0.579. The molecule has 2 heterocycles. The van der Waals surface area contributed by atoms with E-state index >= 15 is 0 Å². The van der Waals surface area contributed by atoms with Gasteiger partial charge in [-0.3, -0.25) is 4.79 Å². The Balaban J connectivity index is 1.94. The zero-order valence-corrected chi connectivity index (χ0v) is 17.3. The molecule has 0 saturated carbocycles. The lowest BCUT2D eigenvalue weighted by molar-refractivity contribution is -0.118. The molecule has 0 radical (unpaired) electrons. The molecule has 0 aliphatic carbocycles. The van der Waals surface area contributed by atoms with Crippen molar-refractivity contribution >= 4 is 38.4 Å². The van der Waals surface area contributed by atoms with Gasteiger partial charge in [0.15, 0.2) is 15.0 Å². The fourth-order valence-electron chi connectivity index (χ4n) is 3.39. The van der Waals surface area contributed by atoms with Crippen molar-refractivity contribution in [1.82, 2.24) is 0 Å². The zero-order valence-electron chi connectivity index (χ0n) is 15.7. The first-order valence-corrected chi connectivity index (χ1v) is 11.7. The fourth-order valence-corrected chi connectivity index (χ4v) is 7.32.